The number of aromatic nitrogens is 1. The first-order valence-electron chi connectivity index (χ1n) is 12.5. The average Bonchev–Trinajstić information content (AvgIpc) is 3.27. The van der Waals surface area contributed by atoms with Crippen LogP contribution in [0.4, 0.5) is 0 Å². The lowest BCUT2D eigenvalue weighted by atomic mass is 9.86. The van der Waals surface area contributed by atoms with Gasteiger partial charge in [0.2, 0.25) is 0 Å². The van der Waals surface area contributed by atoms with Gasteiger partial charge < -0.3 is 4.57 Å². The van der Waals surface area contributed by atoms with Gasteiger partial charge >= 0.3 is 0 Å². The number of unbranched alkanes of at least 4 members (excludes halogenated alkanes) is 6. The van der Waals surface area contributed by atoms with Gasteiger partial charge in [-0.15, -0.1) is 0 Å². The van der Waals surface area contributed by atoms with Crippen molar-refractivity contribution in [3.63, 3.8) is 0 Å². The third-order valence-electron chi connectivity index (χ3n) is 6.70. The van der Waals surface area contributed by atoms with Crippen molar-refractivity contribution in [2.75, 3.05) is 0 Å². The van der Waals surface area contributed by atoms with E-state index in [0.29, 0.717) is 0 Å². The summed E-state index contributed by atoms with van der Waals surface area (Å²) in [6.07, 6.45) is 13.0. The molecule has 0 amide bonds. The number of nitrogens with zero attached hydrogens (tertiary/aromatic N) is 1. The molecular formula is C30H41N. The van der Waals surface area contributed by atoms with Crippen LogP contribution in [-0.4, -0.2) is 4.57 Å². The van der Waals surface area contributed by atoms with Crippen molar-refractivity contribution in [1.82, 2.24) is 4.57 Å². The fourth-order valence-corrected chi connectivity index (χ4v) is 4.90. The zero-order valence-corrected chi connectivity index (χ0v) is 19.9. The highest BCUT2D eigenvalue weighted by atomic mass is 15.1. The van der Waals surface area contributed by atoms with Crippen molar-refractivity contribution in [1.29, 1.82) is 0 Å². The average molecular weight is 416 g/mol. The normalized spacial score (nSPS) is 11.7. The SMILES string of the molecule is CCCCCCC(C)(CCCCCC)n1c(-c2ccccc2)ccc1-c1ccccc1. The Morgan fingerprint density at radius 3 is 1.35 bits per heavy atom. The van der Waals surface area contributed by atoms with Crippen molar-refractivity contribution >= 4 is 0 Å². The summed E-state index contributed by atoms with van der Waals surface area (Å²) in [5.41, 5.74) is 5.47. The highest BCUT2D eigenvalue weighted by molar-refractivity contribution is 5.70. The first kappa shape index (κ1) is 23.4. The molecule has 0 bridgehead atoms. The summed E-state index contributed by atoms with van der Waals surface area (Å²) in [6, 6.07) is 26.6. The molecule has 0 saturated heterocycles. The zero-order chi connectivity index (χ0) is 21.9. The molecule has 3 aromatic rings. The van der Waals surface area contributed by atoms with E-state index in [-0.39, 0.29) is 5.54 Å². The maximum Gasteiger partial charge on any atom is 0.0490 e. The molecule has 0 unspecified atom stereocenters. The van der Waals surface area contributed by atoms with Gasteiger partial charge in [-0.1, -0.05) is 126 Å². The van der Waals surface area contributed by atoms with Gasteiger partial charge in [0, 0.05) is 16.9 Å². The minimum atomic E-state index is 0.126. The Bertz CT molecular complexity index is 806. The first-order chi connectivity index (χ1) is 15.2. The van der Waals surface area contributed by atoms with Crippen LogP contribution in [-0.2, 0) is 5.54 Å². The molecule has 1 nitrogen and oxygen atoms in total. The maximum absolute atomic E-state index is 2.69. The molecule has 0 fully saturated rings. The minimum Gasteiger partial charge on any atom is -0.335 e. The molecule has 0 aliphatic heterocycles. The molecule has 3 rings (SSSR count). The van der Waals surface area contributed by atoms with Crippen molar-refractivity contribution in [3.8, 4) is 22.5 Å². The van der Waals surface area contributed by atoms with E-state index in [1.165, 1.54) is 86.7 Å². The number of hydrogen-bond donors (Lipinski definition) is 0. The summed E-state index contributed by atoms with van der Waals surface area (Å²) in [7, 11) is 0. The largest absolute Gasteiger partial charge is 0.335 e. The Morgan fingerprint density at radius 2 is 0.968 bits per heavy atom. The molecule has 0 atom stereocenters. The van der Waals surface area contributed by atoms with E-state index in [0.717, 1.165) is 0 Å². The lowest BCUT2D eigenvalue weighted by molar-refractivity contribution is 0.257. The van der Waals surface area contributed by atoms with E-state index in [1.54, 1.807) is 0 Å². The molecule has 0 saturated carbocycles. The molecule has 1 heterocycles. The monoisotopic (exact) mass is 415 g/mol. The van der Waals surface area contributed by atoms with Gasteiger partial charge in [0.25, 0.3) is 0 Å². The summed E-state index contributed by atoms with van der Waals surface area (Å²) in [4.78, 5) is 0. The van der Waals surface area contributed by atoms with E-state index < -0.39 is 0 Å². The van der Waals surface area contributed by atoms with Crippen LogP contribution in [0.2, 0.25) is 0 Å². The van der Waals surface area contributed by atoms with Crippen LogP contribution in [0.3, 0.4) is 0 Å². The Morgan fingerprint density at radius 1 is 0.548 bits per heavy atom. The van der Waals surface area contributed by atoms with Gasteiger partial charge in [-0.2, -0.15) is 0 Å². The fraction of sp³-hybridized carbons (Fsp3) is 0.467. The number of benzene rings is 2. The van der Waals surface area contributed by atoms with Crippen molar-refractivity contribution in [2.45, 2.75) is 90.5 Å². The highest BCUT2D eigenvalue weighted by Crippen LogP contribution is 2.40. The van der Waals surface area contributed by atoms with Crippen LogP contribution in [0.5, 0.6) is 0 Å². The first-order valence-corrected chi connectivity index (χ1v) is 12.5. The lowest BCUT2D eigenvalue weighted by Gasteiger charge is -2.36. The molecule has 1 heteroatoms. The summed E-state index contributed by atoms with van der Waals surface area (Å²) in [5, 5.41) is 0. The fourth-order valence-electron chi connectivity index (χ4n) is 4.90. The molecule has 0 radical (unpaired) electrons. The topological polar surface area (TPSA) is 4.93 Å². The molecule has 166 valence electrons. The zero-order valence-electron chi connectivity index (χ0n) is 19.9. The Labute approximate surface area is 190 Å². The van der Waals surface area contributed by atoms with Crippen LogP contribution in [0.25, 0.3) is 22.5 Å². The van der Waals surface area contributed by atoms with Crippen LogP contribution in [0.15, 0.2) is 72.8 Å². The van der Waals surface area contributed by atoms with Gasteiger partial charge in [0.05, 0.1) is 0 Å². The quantitative estimate of drug-likeness (QED) is 0.245. The van der Waals surface area contributed by atoms with Gasteiger partial charge in [0.1, 0.15) is 0 Å². The van der Waals surface area contributed by atoms with E-state index in [2.05, 4.69) is 98.1 Å². The van der Waals surface area contributed by atoms with Crippen molar-refractivity contribution < 1.29 is 0 Å². The third-order valence-corrected chi connectivity index (χ3v) is 6.70. The number of hydrogen-bond acceptors (Lipinski definition) is 0. The molecule has 2 aromatic carbocycles. The molecule has 0 N–H and O–H groups in total. The summed E-state index contributed by atoms with van der Waals surface area (Å²) < 4.78 is 2.69. The second-order valence-electron chi connectivity index (χ2n) is 9.29. The lowest BCUT2D eigenvalue weighted by Crippen LogP contribution is -2.31. The molecule has 31 heavy (non-hydrogen) atoms. The Balaban J connectivity index is 2.04. The van der Waals surface area contributed by atoms with E-state index >= 15 is 0 Å². The summed E-state index contributed by atoms with van der Waals surface area (Å²) >= 11 is 0. The van der Waals surface area contributed by atoms with Crippen LogP contribution in [0.1, 0.15) is 85.0 Å². The van der Waals surface area contributed by atoms with Crippen LogP contribution < -0.4 is 0 Å². The predicted molar refractivity (Wildman–Crippen MR) is 136 cm³/mol. The molecule has 1 aromatic heterocycles. The predicted octanol–water partition coefficient (Wildman–Crippen LogP) is 9.48. The Hall–Kier alpha value is -2.28. The van der Waals surface area contributed by atoms with Gasteiger partial charge in [-0.05, 0) is 43.0 Å². The Kier molecular flexibility index (Phi) is 9.00. The van der Waals surface area contributed by atoms with Crippen LogP contribution in [0, 0.1) is 0 Å². The summed E-state index contributed by atoms with van der Waals surface area (Å²) in [5.74, 6) is 0. The molecular weight excluding hydrogens is 374 g/mol. The van der Waals surface area contributed by atoms with E-state index in [4.69, 9.17) is 0 Å². The van der Waals surface area contributed by atoms with Crippen molar-refractivity contribution in [2.24, 2.45) is 0 Å². The second kappa shape index (κ2) is 11.9. The van der Waals surface area contributed by atoms with Gasteiger partial charge in [-0.25, -0.2) is 0 Å². The smallest absolute Gasteiger partial charge is 0.0490 e. The minimum absolute atomic E-state index is 0.126. The number of rotatable bonds is 13. The summed E-state index contributed by atoms with van der Waals surface area (Å²) in [6.45, 7) is 7.12. The molecule has 0 aliphatic carbocycles. The van der Waals surface area contributed by atoms with Crippen molar-refractivity contribution in [3.05, 3.63) is 72.8 Å². The second-order valence-corrected chi connectivity index (χ2v) is 9.29. The highest BCUT2D eigenvalue weighted by Gasteiger charge is 2.30. The molecule has 0 spiro atoms. The van der Waals surface area contributed by atoms with Crippen LogP contribution >= 0.6 is 0 Å². The standard InChI is InChI=1S/C30H41N/c1-4-6-8-16-24-30(3,25-17-9-7-5-2)31-28(26-18-12-10-13-19-26)22-23-29(31)27-20-14-11-15-21-27/h10-15,18-23H,4-9,16-17,24-25H2,1-3H3. The van der Waals surface area contributed by atoms with E-state index in [9.17, 15) is 0 Å². The van der Waals surface area contributed by atoms with Gasteiger partial charge in [0.15, 0.2) is 0 Å². The van der Waals surface area contributed by atoms with E-state index in [1.807, 2.05) is 0 Å². The molecule has 0 aliphatic rings. The third kappa shape index (κ3) is 6.12. The maximum atomic E-state index is 2.69. The van der Waals surface area contributed by atoms with Gasteiger partial charge in [-0.3, -0.25) is 0 Å².